The number of amides is 1. The second-order valence-electron chi connectivity index (χ2n) is 7.87. The van der Waals surface area contributed by atoms with Crippen molar-refractivity contribution in [3.05, 3.63) is 78.3 Å². The van der Waals surface area contributed by atoms with Crippen molar-refractivity contribution in [3.8, 4) is 5.75 Å². The molecule has 1 aromatic heterocycles. The summed E-state index contributed by atoms with van der Waals surface area (Å²) in [4.78, 5) is 14.4. The van der Waals surface area contributed by atoms with E-state index < -0.39 is 10.0 Å². The highest BCUT2D eigenvalue weighted by atomic mass is 32.2. The van der Waals surface area contributed by atoms with Gasteiger partial charge < -0.3 is 14.5 Å². The fourth-order valence-corrected chi connectivity index (χ4v) is 4.38. The largest absolute Gasteiger partial charge is 0.484 e. The minimum atomic E-state index is -3.67. The lowest BCUT2D eigenvalue weighted by atomic mass is 10.2. The van der Waals surface area contributed by atoms with Crippen molar-refractivity contribution in [1.29, 1.82) is 0 Å². The third-order valence-electron chi connectivity index (χ3n) is 5.24. The van der Waals surface area contributed by atoms with E-state index in [0.29, 0.717) is 18.0 Å². The molecular formula is C24H29N3O5S. The van der Waals surface area contributed by atoms with Gasteiger partial charge in [0.1, 0.15) is 11.5 Å². The number of carbonyl (C=O) groups is 1. The van der Waals surface area contributed by atoms with Gasteiger partial charge in [0.15, 0.2) is 6.61 Å². The van der Waals surface area contributed by atoms with E-state index in [2.05, 4.69) is 5.32 Å². The van der Waals surface area contributed by atoms with Crippen LogP contribution in [-0.4, -0.2) is 53.5 Å². The number of aryl methyl sites for hydroxylation is 1. The van der Waals surface area contributed by atoms with Crippen molar-refractivity contribution in [2.24, 2.45) is 0 Å². The summed E-state index contributed by atoms with van der Waals surface area (Å²) >= 11 is 0. The van der Waals surface area contributed by atoms with Gasteiger partial charge in [-0.1, -0.05) is 17.7 Å². The van der Waals surface area contributed by atoms with Crippen molar-refractivity contribution >= 4 is 21.6 Å². The molecule has 0 saturated heterocycles. The van der Waals surface area contributed by atoms with Crippen molar-refractivity contribution < 1.29 is 22.4 Å². The van der Waals surface area contributed by atoms with E-state index >= 15 is 0 Å². The molecule has 33 heavy (non-hydrogen) atoms. The Kier molecular flexibility index (Phi) is 7.78. The average molecular weight is 472 g/mol. The van der Waals surface area contributed by atoms with E-state index in [-0.39, 0.29) is 23.5 Å². The van der Waals surface area contributed by atoms with E-state index in [1.54, 1.807) is 54.8 Å². The normalized spacial score (nSPS) is 12.4. The Labute approximate surface area is 194 Å². The van der Waals surface area contributed by atoms with Gasteiger partial charge in [0.25, 0.3) is 15.9 Å². The molecule has 0 fully saturated rings. The molecule has 9 heteroatoms. The van der Waals surface area contributed by atoms with Crippen LogP contribution in [-0.2, 0) is 14.8 Å². The first-order valence-corrected chi connectivity index (χ1v) is 11.9. The lowest BCUT2D eigenvalue weighted by molar-refractivity contribution is -0.123. The maximum Gasteiger partial charge on any atom is 0.264 e. The Morgan fingerprint density at radius 2 is 1.70 bits per heavy atom. The molecule has 3 aromatic rings. The van der Waals surface area contributed by atoms with Crippen LogP contribution in [0.25, 0.3) is 0 Å². The molecule has 0 aliphatic carbocycles. The average Bonchev–Trinajstić information content (AvgIpc) is 3.32. The quantitative estimate of drug-likeness (QED) is 0.488. The van der Waals surface area contributed by atoms with Crippen LogP contribution in [0.4, 0.5) is 5.69 Å². The number of hydrogen-bond donors (Lipinski definition) is 1. The number of rotatable bonds is 10. The molecule has 3 rings (SSSR count). The number of ether oxygens (including phenoxy) is 1. The van der Waals surface area contributed by atoms with Gasteiger partial charge in [-0.25, -0.2) is 8.42 Å². The number of hydrogen-bond acceptors (Lipinski definition) is 6. The van der Waals surface area contributed by atoms with Gasteiger partial charge >= 0.3 is 0 Å². The molecule has 0 aliphatic heterocycles. The van der Waals surface area contributed by atoms with Gasteiger partial charge in [-0.05, 0) is 69.6 Å². The first-order chi connectivity index (χ1) is 15.7. The van der Waals surface area contributed by atoms with Crippen LogP contribution in [0.3, 0.4) is 0 Å². The predicted octanol–water partition coefficient (Wildman–Crippen LogP) is 3.21. The highest BCUT2D eigenvalue weighted by Crippen LogP contribution is 2.24. The lowest BCUT2D eigenvalue weighted by Crippen LogP contribution is -2.36. The number of nitrogens with one attached hydrogen (secondary N) is 1. The number of furan rings is 1. The molecule has 0 radical (unpaired) electrons. The summed E-state index contributed by atoms with van der Waals surface area (Å²) in [6.07, 6.45) is 1.60. The Morgan fingerprint density at radius 3 is 2.27 bits per heavy atom. The summed E-state index contributed by atoms with van der Waals surface area (Å²) in [6, 6.07) is 16.8. The molecule has 1 heterocycles. The van der Waals surface area contributed by atoms with Crippen molar-refractivity contribution in [1.82, 2.24) is 10.2 Å². The molecule has 0 bridgehead atoms. The van der Waals surface area contributed by atoms with Crippen LogP contribution in [0.2, 0.25) is 0 Å². The minimum absolute atomic E-state index is 0.0887. The summed E-state index contributed by atoms with van der Waals surface area (Å²) < 4.78 is 37.9. The summed E-state index contributed by atoms with van der Waals surface area (Å²) in [7, 11) is 1.65. The Morgan fingerprint density at radius 1 is 1.03 bits per heavy atom. The van der Waals surface area contributed by atoms with Gasteiger partial charge in [0.2, 0.25) is 0 Å². The monoisotopic (exact) mass is 471 g/mol. The zero-order chi connectivity index (χ0) is 24.0. The molecule has 1 atom stereocenters. The number of benzene rings is 2. The summed E-state index contributed by atoms with van der Waals surface area (Å²) in [5.41, 5.74) is 1.47. The van der Waals surface area contributed by atoms with Gasteiger partial charge in [-0.2, -0.15) is 0 Å². The standard InChI is InChI=1S/C24H29N3O5S/c1-18-7-13-21(14-8-18)33(29,30)27(4)19-9-11-20(12-10-19)32-17-24(28)25-16-22(26(2)3)23-6-5-15-31-23/h5-15,22H,16-17H2,1-4H3,(H,25,28)/t22-/m1/s1. The van der Waals surface area contributed by atoms with Crippen molar-refractivity contribution in [2.45, 2.75) is 17.9 Å². The van der Waals surface area contributed by atoms with E-state index in [9.17, 15) is 13.2 Å². The number of sulfonamides is 1. The molecule has 1 N–H and O–H groups in total. The van der Waals surface area contributed by atoms with Crippen LogP contribution < -0.4 is 14.4 Å². The molecule has 0 unspecified atom stereocenters. The van der Waals surface area contributed by atoms with Crippen LogP contribution in [0.1, 0.15) is 17.4 Å². The third kappa shape index (κ3) is 6.15. The molecule has 0 spiro atoms. The second kappa shape index (κ2) is 10.5. The first-order valence-electron chi connectivity index (χ1n) is 10.4. The van der Waals surface area contributed by atoms with Crippen LogP contribution >= 0.6 is 0 Å². The Bertz CT molecular complexity index is 1140. The maximum absolute atomic E-state index is 12.8. The molecule has 0 saturated carbocycles. The van der Waals surface area contributed by atoms with E-state index in [0.717, 1.165) is 11.3 Å². The highest BCUT2D eigenvalue weighted by Gasteiger charge is 2.21. The fraction of sp³-hybridized carbons (Fsp3) is 0.292. The summed E-state index contributed by atoms with van der Waals surface area (Å²) in [5, 5.41) is 2.84. The van der Waals surface area contributed by atoms with E-state index in [1.165, 1.54) is 11.4 Å². The van der Waals surface area contributed by atoms with Gasteiger partial charge in [0.05, 0.1) is 22.9 Å². The van der Waals surface area contributed by atoms with E-state index in [1.807, 2.05) is 38.1 Å². The molecule has 2 aromatic carbocycles. The molecule has 1 amide bonds. The molecule has 0 aliphatic rings. The van der Waals surface area contributed by atoms with Crippen LogP contribution in [0.5, 0.6) is 5.75 Å². The van der Waals surface area contributed by atoms with Crippen LogP contribution in [0, 0.1) is 6.92 Å². The van der Waals surface area contributed by atoms with Crippen molar-refractivity contribution in [3.63, 3.8) is 0 Å². The molecule has 8 nitrogen and oxygen atoms in total. The molecule has 176 valence electrons. The van der Waals surface area contributed by atoms with Gasteiger partial charge in [0, 0.05) is 13.6 Å². The summed E-state index contributed by atoms with van der Waals surface area (Å²) in [6.45, 7) is 2.12. The highest BCUT2D eigenvalue weighted by molar-refractivity contribution is 7.92. The predicted molar refractivity (Wildman–Crippen MR) is 127 cm³/mol. The smallest absolute Gasteiger partial charge is 0.264 e. The van der Waals surface area contributed by atoms with Crippen LogP contribution in [0.15, 0.2) is 76.2 Å². The third-order valence-corrected chi connectivity index (χ3v) is 7.04. The summed E-state index contributed by atoms with van der Waals surface area (Å²) in [5.74, 6) is 0.961. The zero-order valence-electron chi connectivity index (χ0n) is 19.2. The van der Waals surface area contributed by atoms with Gasteiger partial charge in [-0.3, -0.25) is 14.0 Å². The number of carbonyl (C=O) groups excluding carboxylic acids is 1. The second-order valence-corrected chi connectivity index (χ2v) is 9.84. The topological polar surface area (TPSA) is 92.1 Å². The number of nitrogens with zero attached hydrogens (tertiary/aromatic N) is 2. The minimum Gasteiger partial charge on any atom is -0.484 e. The SMILES string of the molecule is Cc1ccc(S(=O)(=O)N(C)c2ccc(OCC(=O)NC[C@H](c3ccco3)N(C)C)cc2)cc1. The van der Waals surface area contributed by atoms with E-state index in [4.69, 9.17) is 9.15 Å². The Balaban J connectivity index is 1.55. The number of anilines is 1. The zero-order valence-corrected chi connectivity index (χ0v) is 20.0. The first kappa shape index (κ1) is 24.3. The molecular weight excluding hydrogens is 442 g/mol. The fourth-order valence-electron chi connectivity index (χ4n) is 3.19. The number of likely N-dealkylation sites (N-methyl/N-ethyl adjacent to an activating group) is 1. The lowest BCUT2D eigenvalue weighted by Gasteiger charge is -2.22. The Hall–Kier alpha value is -3.30. The maximum atomic E-state index is 12.8. The van der Waals surface area contributed by atoms with Gasteiger partial charge in [-0.15, -0.1) is 0 Å². The van der Waals surface area contributed by atoms with Crippen molar-refractivity contribution in [2.75, 3.05) is 38.6 Å².